The first-order chi connectivity index (χ1) is 10.2. The fraction of sp³-hybridized carbons (Fsp3) is 0.812. The van der Waals surface area contributed by atoms with Gasteiger partial charge in [0.2, 0.25) is 0 Å². The van der Waals surface area contributed by atoms with E-state index in [0.717, 1.165) is 57.1 Å². The molecule has 1 aromatic heterocycles. The first-order valence-corrected chi connectivity index (χ1v) is 9.01. The number of hydrogen-bond donors (Lipinski definition) is 1. The van der Waals surface area contributed by atoms with Gasteiger partial charge in [0.05, 0.1) is 0 Å². The van der Waals surface area contributed by atoms with Crippen LogP contribution in [-0.4, -0.2) is 47.8 Å². The topological polar surface area (TPSA) is 39.6 Å². The summed E-state index contributed by atoms with van der Waals surface area (Å²) < 4.78 is 0. The van der Waals surface area contributed by atoms with Crippen LogP contribution in [0.2, 0.25) is 0 Å². The Balaban J connectivity index is 1.89. The summed E-state index contributed by atoms with van der Waals surface area (Å²) in [5, 5.41) is 10.7. The summed E-state index contributed by atoms with van der Waals surface area (Å²) in [5.74, 6) is 0. The van der Waals surface area contributed by atoms with Crippen LogP contribution in [0.15, 0.2) is 6.20 Å². The number of likely N-dealkylation sites (tertiary alicyclic amines) is 1. The monoisotopic (exact) mass is 311 g/mol. The number of anilines is 1. The molecule has 2 rings (SSSR count). The van der Waals surface area contributed by atoms with Gasteiger partial charge in [0, 0.05) is 37.3 Å². The Morgan fingerprint density at radius 3 is 2.48 bits per heavy atom. The van der Waals surface area contributed by atoms with E-state index < -0.39 is 0 Å². The summed E-state index contributed by atoms with van der Waals surface area (Å²) in [4.78, 5) is 10.7. The Kier molecular flexibility index (Phi) is 6.02. The molecular weight excluding hydrogens is 282 g/mol. The van der Waals surface area contributed by atoms with E-state index in [1.165, 1.54) is 4.88 Å². The van der Waals surface area contributed by atoms with Crippen molar-refractivity contribution in [3.63, 3.8) is 0 Å². The number of piperidine rings is 1. The highest BCUT2D eigenvalue weighted by atomic mass is 32.1. The lowest BCUT2D eigenvalue weighted by molar-refractivity contribution is 0.0385. The van der Waals surface area contributed by atoms with E-state index in [1.807, 2.05) is 17.5 Å². The van der Waals surface area contributed by atoms with Gasteiger partial charge in [-0.25, -0.2) is 4.98 Å². The van der Waals surface area contributed by atoms with E-state index in [9.17, 15) is 5.11 Å². The fourth-order valence-corrected chi connectivity index (χ4v) is 4.12. The van der Waals surface area contributed by atoms with Crippen molar-refractivity contribution in [2.24, 2.45) is 5.41 Å². The van der Waals surface area contributed by atoms with Gasteiger partial charge in [-0.3, -0.25) is 4.90 Å². The standard InChI is InChI=1S/C16H29N3OS/c1-4-16(13-20)7-9-18(10-8-16)12-14-11-17-15(21-14)19(5-2)6-3/h11,20H,4-10,12-13H2,1-3H3. The van der Waals surface area contributed by atoms with Crippen LogP contribution in [0.3, 0.4) is 0 Å². The van der Waals surface area contributed by atoms with Crippen molar-refractivity contribution in [2.45, 2.75) is 46.6 Å². The lowest BCUT2D eigenvalue weighted by atomic mass is 9.77. The molecule has 1 aliphatic rings. The molecule has 0 aromatic carbocycles. The predicted octanol–water partition coefficient (Wildman–Crippen LogP) is 2.97. The van der Waals surface area contributed by atoms with Crippen LogP contribution in [0, 0.1) is 5.41 Å². The first-order valence-electron chi connectivity index (χ1n) is 8.19. The first kappa shape index (κ1) is 16.7. The highest BCUT2D eigenvalue weighted by molar-refractivity contribution is 7.15. The van der Waals surface area contributed by atoms with Crippen molar-refractivity contribution in [2.75, 3.05) is 37.7 Å². The van der Waals surface area contributed by atoms with E-state index in [4.69, 9.17) is 0 Å². The highest BCUT2D eigenvalue weighted by Crippen LogP contribution is 2.35. The summed E-state index contributed by atoms with van der Waals surface area (Å²) in [5.41, 5.74) is 0.177. The van der Waals surface area contributed by atoms with Crippen LogP contribution in [0.1, 0.15) is 44.9 Å². The predicted molar refractivity (Wildman–Crippen MR) is 90.0 cm³/mol. The van der Waals surface area contributed by atoms with Gasteiger partial charge >= 0.3 is 0 Å². The van der Waals surface area contributed by atoms with Gasteiger partial charge in [-0.15, -0.1) is 11.3 Å². The van der Waals surface area contributed by atoms with Crippen molar-refractivity contribution in [1.29, 1.82) is 0 Å². The molecule has 0 bridgehead atoms. The fourth-order valence-electron chi connectivity index (χ4n) is 3.04. The zero-order chi connectivity index (χ0) is 15.3. The Hall–Kier alpha value is -0.650. The number of aliphatic hydroxyl groups excluding tert-OH is 1. The number of rotatable bonds is 7. The zero-order valence-corrected chi connectivity index (χ0v) is 14.5. The van der Waals surface area contributed by atoms with E-state index in [-0.39, 0.29) is 5.41 Å². The van der Waals surface area contributed by atoms with Crippen molar-refractivity contribution >= 4 is 16.5 Å². The van der Waals surface area contributed by atoms with E-state index in [1.54, 1.807) is 0 Å². The van der Waals surface area contributed by atoms with Gasteiger partial charge in [-0.05, 0) is 51.6 Å². The van der Waals surface area contributed by atoms with Gasteiger partial charge in [-0.1, -0.05) is 6.92 Å². The number of aliphatic hydroxyl groups is 1. The molecule has 2 heterocycles. The Bertz CT molecular complexity index is 417. The number of nitrogens with zero attached hydrogens (tertiary/aromatic N) is 3. The molecule has 0 aliphatic carbocycles. The maximum atomic E-state index is 9.60. The molecule has 0 unspecified atom stereocenters. The summed E-state index contributed by atoms with van der Waals surface area (Å²) in [6.45, 7) is 12.1. The van der Waals surface area contributed by atoms with Gasteiger partial charge in [0.25, 0.3) is 0 Å². The van der Waals surface area contributed by atoms with Crippen LogP contribution in [-0.2, 0) is 6.54 Å². The molecule has 1 aliphatic heterocycles. The smallest absolute Gasteiger partial charge is 0.185 e. The number of hydrogen-bond acceptors (Lipinski definition) is 5. The summed E-state index contributed by atoms with van der Waals surface area (Å²) >= 11 is 1.82. The minimum Gasteiger partial charge on any atom is -0.396 e. The normalized spacial score (nSPS) is 18.9. The summed E-state index contributed by atoms with van der Waals surface area (Å²) in [6, 6.07) is 0. The van der Waals surface area contributed by atoms with Gasteiger partial charge in [0.1, 0.15) is 0 Å². The quantitative estimate of drug-likeness (QED) is 0.840. The van der Waals surface area contributed by atoms with Crippen molar-refractivity contribution in [3.05, 3.63) is 11.1 Å². The number of thiazole rings is 1. The Morgan fingerprint density at radius 1 is 1.29 bits per heavy atom. The highest BCUT2D eigenvalue weighted by Gasteiger charge is 2.32. The molecule has 5 heteroatoms. The molecule has 0 atom stereocenters. The number of aromatic nitrogens is 1. The van der Waals surface area contributed by atoms with Gasteiger partial charge < -0.3 is 10.0 Å². The minimum atomic E-state index is 0.177. The van der Waals surface area contributed by atoms with Crippen molar-refractivity contribution in [3.8, 4) is 0 Å². The third kappa shape index (κ3) is 3.96. The third-order valence-corrected chi connectivity index (χ3v) is 6.00. The molecule has 0 radical (unpaired) electrons. The zero-order valence-electron chi connectivity index (χ0n) is 13.6. The van der Waals surface area contributed by atoms with Gasteiger partial charge in [-0.2, -0.15) is 0 Å². The molecule has 21 heavy (non-hydrogen) atoms. The average Bonchev–Trinajstić information content (AvgIpc) is 2.98. The second-order valence-electron chi connectivity index (χ2n) is 6.07. The second-order valence-corrected chi connectivity index (χ2v) is 7.16. The summed E-state index contributed by atoms with van der Waals surface area (Å²) in [6.07, 6.45) is 5.35. The molecule has 120 valence electrons. The minimum absolute atomic E-state index is 0.177. The molecule has 0 saturated carbocycles. The maximum Gasteiger partial charge on any atom is 0.185 e. The van der Waals surface area contributed by atoms with E-state index >= 15 is 0 Å². The average molecular weight is 311 g/mol. The molecule has 4 nitrogen and oxygen atoms in total. The van der Waals surface area contributed by atoms with Gasteiger partial charge in [0.15, 0.2) is 5.13 Å². The second kappa shape index (κ2) is 7.56. The Labute approximate surface area is 132 Å². The van der Waals surface area contributed by atoms with Crippen LogP contribution in [0.5, 0.6) is 0 Å². The molecule has 1 aromatic rings. The molecule has 1 fully saturated rings. The summed E-state index contributed by atoms with van der Waals surface area (Å²) in [7, 11) is 0. The van der Waals surface area contributed by atoms with Crippen molar-refractivity contribution < 1.29 is 5.11 Å². The molecule has 0 spiro atoms. The Morgan fingerprint density at radius 2 is 1.95 bits per heavy atom. The lowest BCUT2D eigenvalue weighted by Gasteiger charge is -2.40. The molecular formula is C16H29N3OS. The van der Waals surface area contributed by atoms with Crippen LogP contribution >= 0.6 is 11.3 Å². The molecule has 1 N–H and O–H groups in total. The van der Waals surface area contributed by atoms with Crippen LogP contribution in [0.4, 0.5) is 5.13 Å². The maximum absolute atomic E-state index is 9.60. The third-order valence-electron chi connectivity index (χ3n) is 4.96. The van der Waals surface area contributed by atoms with E-state index in [2.05, 4.69) is 35.6 Å². The molecule has 0 amide bonds. The molecule has 1 saturated heterocycles. The van der Waals surface area contributed by atoms with E-state index in [0.29, 0.717) is 6.61 Å². The lowest BCUT2D eigenvalue weighted by Crippen LogP contribution is -2.41. The van der Waals surface area contributed by atoms with Crippen molar-refractivity contribution in [1.82, 2.24) is 9.88 Å². The van der Waals surface area contributed by atoms with Crippen LogP contribution in [0.25, 0.3) is 0 Å². The van der Waals surface area contributed by atoms with Crippen LogP contribution < -0.4 is 4.90 Å². The largest absolute Gasteiger partial charge is 0.396 e. The SMILES string of the molecule is CCN(CC)c1ncc(CN2CCC(CC)(CO)CC2)s1.